The summed E-state index contributed by atoms with van der Waals surface area (Å²) in [7, 11) is 0. The fourth-order valence-electron chi connectivity index (χ4n) is 18.6. The number of Topliss-reactive ketones (excluding diaryl/α,β-unsaturated/α-hetero) is 1. The molecule has 21 atom stereocenters. The Hall–Kier alpha value is -2.17. The van der Waals surface area contributed by atoms with Gasteiger partial charge in [0.25, 0.3) is 0 Å². The number of allylic oxidation sites excluding steroid dienone is 1. The summed E-state index contributed by atoms with van der Waals surface area (Å²) in [5.74, 6) is -3.04. The topological polar surface area (TPSA) is 212 Å². The predicted molar refractivity (Wildman–Crippen MR) is 243 cm³/mol. The molecule has 0 unspecified atom stereocenters. The number of carbonyl (C=O) groups is 1. The summed E-state index contributed by atoms with van der Waals surface area (Å²) in [6.45, 7) is 15.3. The van der Waals surface area contributed by atoms with Gasteiger partial charge in [-0.15, -0.1) is 0 Å². The van der Waals surface area contributed by atoms with E-state index in [4.69, 9.17) is 24.2 Å². The first-order valence-electron chi connectivity index (χ1n) is 26.0. The fourth-order valence-corrected chi connectivity index (χ4v) is 18.6. The Balaban J connectivity index is 0.794. The Morgan fingerprint density at radius 1 is 0.836 bits per heavy atom. The second-order valence-corrected chi connectivity index (χ2v) is 26.0. The van der Waals surface area contributed by atoms with E-state index in [0.717, 1.165) is 79.7 Å². The van der Waals surface area contributed by atoms with E-state index in [1.807, 2.05) is 20.8 Å². The zero-order valence-electron chi connectivity index (χ0n) is 40.9. The molecule has 1 aromatic rings. The Labute approximate surface area is 395 Å². The van der Waals surface area contributed by atoms with Gasteiger partial charge in [-0.1, -0.05) is 57.9 Å². The lowest BCUT2D eigenvalue weighted by molar-refractivity contribution is -0.331. The second-order valence-electron chi connectivity index (χ2n) is 26.0. The van der Waals surface area contributed by atoms with Gasteiger partial charge in [0.15, 0.2) is 5.79 Å². The predicted octanol–water partition coefficient (Wildman–Crippen LogP) is 4.46. The molecule has 8 aliphatic carbocycles. The van der Waals surface area contributed by atoms with Crippen LogP contribution in [0.4, 0.5) is 0 Å². The third kappa shape index (κ3) is 5.60. The number of ketones is 1. The van der Waals surface area contributed by atoms with Crippen LogP contribution in [-0.2, 0) is 44.7 Å². The van der Waals surface area contributed by atoms with Crippen molar-refractivity contribution in [3.63, 3.8) is 0 Å². The highest BCUT2D eigenvalue weighted by Crippen LogP contribution is 2.72. The van der Waals surface area contributed by atoms with E-state index < -0.39 is 75.5 Å². The van der Waals surface area contributed by atoms with Gasteiger partial charge in [0.05, 0.1) is 58.7 Å². The van der Waals surface area contributed by atoms with E-state index >= 15 is 0 Å². The number of hydrogen-bond acceptors (Lipinski definition) is 13. The summed E-state index contributed by atoms with van der Waals surface area (Å²) in [6, 6.07) is 0. The van der Waals surface area contributed by atoms with Crippen molar-refractivity contribution in [2.75, 3.05) is 13.2 Å². The van der Waals surface area contributed by atoms with Gasteiger partial charge in [-0.25, -0.2) is 0 Å². The minimum atomic E-state index is -1.85. The summed E-state index contributed by atoms with van der Waals surface area (Å²) in [5.41, 5.74) is 0.875. The van der Waals surface area contributed by atoms with Crippen molar-refractivity contribution in [3.8, 4) is 0 Å². The molecule has 3 saturated heterocycles. The van der Waals surface area contributed by atoms with E-state index in [2.05, 4.69) is 26.0 Å². The first kappa shape index (κ1) is 45.9. The van der Waals surface area contributed by atoms with Crippen LogP contribution < -0.4 is 0 Å². The second kappa shape index (κ2) is 14.1. The average molecular weight is 929 g/mol. The lowest BCUT2D eigenvalue weighted by Crippen LogP contribution is -2.65. The molecule has 2 spiro atoms. The molecule has 368 valence electrons. The number of aliphatic hydroxyl groups excluding tert-OH is 4. The molecule has 12 rings (SSSR count). The molecule has 13 heteroatoms. The summed E-state index contributed by atoms with van der Waals surface area (Å²) < 4.78 is 19.3. The lowest BCUT2D eigenvalue weighted by Gasteiger charge is -2.61. The van der Waals surface area contributed by atoms with E-state index in [-0.39, 0.29) is 72.3 Å². The summed E-state index contributed by atoms with van der Waals surface area (Å²) in [4.78, 5) is 26.0. The minimum absolute atomic E-state index is 0.0382. The first-order valence-corrected chi connectivity index (χ1v) is 26.0. The fraction of sp³-hybridized carbons (Fsp3) is 0.833. The van der Waals surface area contributed by atoms with E-state index in [0.29, 0.717) is 31.1 Å². The molecule has 1 aromatic heterocycles. The molecule has 0 radical (unpaired) electrons. The number of aliphatic hydroxyl groups is 7. The SMILES string of the molecule is C[C@@H]1[C@H]2CC=C3[C@@H]4CC[C@H]5Cc6nc7c(nc6C[C@]5(C)[C@H]4CC(=O)[C@@]32CO[C@]1(O)[C@H](O)CC(C)(C)O)C[C@@H]1CC[C@H]2C3=C[C@@H]4O[C@]5(O[C@](C)(CO)C[C@H]5O)[C@@H](C)[C@]4(O)[C@@]3(C)[C@H](O)C[C@@H]2[C@@]1(C)C7. The zero-order valence-corrected chi connectivity index (χ0v) is 40.9. The van der Waals surface area contributed by atoms with Crippen LogP contribution in [0.25, 0.3) is 0 Å². The van der Waals surface area contributed by atoms with Crippen molar-refractivity contribution in [3.05, 3.63) is 46.1 Å². The Kier molecular flexibility index (Phi) is 9.65. The maximum Gasteiger partial charge on any atom is 0.201 e. The number of carbonyl (C=O) groups excluding carboxylic acids is 1. The molecule has 0 aromatic carbocycles. The Bertz CT molecular complexity index is 2370. The number of hydrogen-bond donors (Lipinski definition) is 7. The Morgan fingerprint density at radius 3 is 2.04 bits per heavy atom. The van der Waals surface area contributed by atoms with Gasteiger partial charge in [0, 0.05) is 36.5 Å². The van der Waals surface area contributed by atoms with Crippen molar-refractivity contribution >= 4 is 5.78 Å². The van der Waals surface area contributed by atoms with Crippen LogP contribution in [0.5, 0.6) is 0 Å². The molecule has 67 heavy (non-hydrogen) atoms. The standard InChI is InChI=1S/C54H76N2O11/c1-26-32-13-14-33-30-11-9-28-15-37-40(21-49(28,7)35(30)18-42(59)51(32,33)25-65-53(26,64)43(60)22-46(3,4)62)56-38-16-29-10-12-31-34(48(29,6)20-39(38)55-37)17-41(58)50(8)36(31)19-45-52(50,63)27(2)54(66-45)44(61)23-47(5,24-57)67-54/h14,19,26-32,34-35,41,43-45,57-58,60-64H,9-13,15-18,20-25H2,1-8H3/t26-,27+,28+,29+,30+,31-,32-,34+,35+,41-,43-,44-,45+,47+,48+,49+,50-,51-,52-,53+,54+/m1/s1. The molecular weight excluding hydrogens is 853 g/mol. The van der Waals surface area contributed by atoms with Gasteiger partial charge in [-0.3, -0.25) is 14.8 Å². The average Bonchev–Trinajstić information content (AvgIpc) is 3.92. The summed E-state index contributed by atoms with van der Waals surface area (Å²) in [5, 5.41) is 80.4. The zero-order chi connectivity index (χ0) is 47.6. The van der Waals surface area contributed by atoms with Gasteiger partial charge >= 0.3 is 0 Å². The molecule has 13 nitrogen and oxygen atoms in total. The van der Waals surface area contributed by atoms with Crippen LogP contribution in [0.2, 0.25) is 0 Å². The van der Waals surface area contributed by atoms with Gasteiger partial charge in [-0.05, 0) is 137 Å². The highest BCUT2D eigenvalue weighted by atomic mass is 16.7. The maximum absolute atomic E-state index is 14.8. The highest BCUT2D eigenvalue weighted by molar-refractivity contribution is 5.91. The molecule has 7 N–H and O–H groups in total. The van der Waals surface area contributed by atoms with Crippen LogP contribution in [0, 0.1) is 74.9 Å². The van der Waals surface area contributed by atoms with Crippen LogP contribution in [0.3, 0.4) is 0 Å². The van der Waals surface area contributed by atoms with E-state index in [1.54, 1.807) is 20.8 Å². The highest BCUT2D eigenvalue weighted by Gasteiger charge is 2.79. The van der Waals surface area contributed by atoms with E-state index in [1.165, 1.54) is 5.57 Å². The van der Waals surface area contributed by atoms with Gasteiger partial charge in [0.2, 0.25) is 5.79 Å². The van der Waals surface area contributed by atoms with Gasteiger partial charge in [0.1, 0.15) is 29.7 Å². The van der Waals surface area contributed by atoms with Crippen LogP contribution in [0.15, 0.2) is 23.3 Å². The van der Waals surface area contributed by atoms with Crippen LogP contribution in [0.1, 0.15) is 136 Å². The van der Waals surface area contributed by atoms with Crippen molar-refractivity contribution < 1.29 is 54.8 Å². The van der Waals surface area contributed by atoms with Crippen molar-refractivity contribution in [2.24, 2.45) is 74.9 Å². The van der Waals surface area contributed by atoms with Gasteiger partial charge < -0.3 is 50.0 Å². The van der Waals surface area contributed by atoms with Crippen molar-refractivity contribution in [1.82, 2.24) is 9.97 Å². The molecule has 0 bridgehead atoms. The van der Waals surface area contributed by atoms with Crippen molar-refractivity contribution in [1.29, 1.82) is 0 Å². The van der Waals surface area contributed by atoms with Crippen LogP contribution >= 0.6 is 0 Å². The molecule has 4 saturated carbocycles. The van der Waals surface area contributed by atoms with Crippen molar-refractivity contribution in [2.45, 2.75) is 192 Å². The smallest absolute Gasteiger partial charge is 0.201 e. The normalized spacial score (nSPS) is 54.0. The largest absolute Gasteiger partial charge is 0.393 e. The molecular formula is C54H76N2O11. The molecule has 11 aliphatic rings. The minimum Gasteiger partial charge on any atom is -0.393 e. The third-order valence-corrected chi connectivity index (χ3v) is 22.5. The molecule has 7 fully saturated rings. The Morgan fingerprint density at radius 2 is 1.45 bits per heavy atom. The van der Waals surface area contributed by atoms with E-state index in [9.17, 15) is 40.5 Å². The monoisotopic (exact) mass is 929 g/mol. The number of nitrogens with zero attached hydrogens (tertiary/aromatic N) is 2. The quantitative estimate of drug-likeness (QED) is 0.208. The van der Waals surface area contributed by atoms with Crippen LogP contribution in [-0.4, -0.2) is 118 Å². The number of ether oxygens (including phenoxy) is 3. The summed E-state index contributed by atoms with van der Waals surface area (Å²) in [6.07, 6.45) is 9.46. The maximum atomic E-state index is 14.8. The molecule has 0 amide bonds. The van der Waals surface area contributed by atoms with Gasteiger partial charge in [-0.2, -0.15) is 0 Å². The summed E-state index contributed by atoms with van der Waals surface area (Å²) >= 11 is 0. The lowest BCUT2D eigenvalue weighted by atomic mass is 9.44. The third-order valence-electron chi connectivity index (χ3n) is 22.5. The number of fused-ring (bicyclic) bond motifs is 13. The number of rotatable bonds is 4. The first-order chi connectivity index (χ1) is 31.3. The molecule has 4 heterocycles. The molecule has 3 aliphatic heterocycles. The number of aromatic nitrogens is 2.